The number of unbranched alkanes of at least 4 members (excludes halogenated alkanes) is 1. The van der Waals surface area contributed by atoms with E-state index in [9.17, 15) is 4.79 Å². The fourth-order valence-electron chi connectivity index (χ4n) is 2.68. The number of guanidine groups is 1. The number of hydrogen-bond acceptors (Lipinski definition) is 4. The first-order chi connectivity index (χ1) is 12.6. The molecule has 1 aromatic carbocycles. The zero-order valence-electron chi connectivity index (χ0n) is 16.4. The molecule has 1 heterocycles. The second-order valence-corrected chi connectivity index (χ2v) is 7.44. The highest BCUT2D eigenvalue weighted by molar-refractivity contribution is 14.0. The van der Waals surface area contributed by atoms with Crippen molar-refractivity contribution in [3.8, 4) is 5.75 Å². The van der Waals surface area contributed by atoms with E-state index in [4.69, 9.17) is 4.74 Å². The summed E-state index contributed by atoms with van der Waals surface area (Å²) in [5.41, 5.74) is 1.13. The zero-order chi connectivity index (χ0) is 18.8. The van der Waals surface area contributed by atoms with Crippen molar-refractivity contribution in [2.45, 2.75) is 25.3 Å². The van der Waals surface area contributed by atoms with Gasteiger partial charge in [-0.1, -0.05) is 18.2 Å². The minimum Gasteiger partial charge on any atom is -0.493 e. The van der Waals surface area contributed by atoms with Crippen LogP contribution in [0.15, 0.2) is 29.3 Å². The Labute approximate surface area is 183 Å². The van der Waals surface area contributed by atoms with Gasteiger partial charge in [-0.15, -0.1) is 24.0 Å². The molecule has 0 saturated carbocycles. The number of para-hydroxylation sites is 1. The van der Waals surface area contributed by atoms with Crippen LogP contribution in [0.4, 0.5) is 0 Å². The number of benzene rings is 1. The molecule has 1 amide bonds. The maximum absolute atomic E-state index is 11.9. The lowest BCUT2D eigenvalue weighted by Gasteiger charge is -2.28. The number of nitrogens with one attached hydrogen (secondary N) is 2. The average Bonchev–Trinajstić information content (AvgIpc) is 2.65. The molecule has 1 atom stereocenters. The molecule has 0 aliphatic carbocycles. The normalized spacial score (nSPS) is 15.8. The van der Waals surface area contributed by atoms with Crippen molar-refractivity contribution < 1.29 is 9.53 Å². The Morgan fingerprint density at radius 3 is 2.85 bits per heavy atom. The molecular formula is C19H31IN4O2S. The van der Waals surface area contributed by atoms with E-state index in [1.807, 2.05) is 30.0 Å². The highest BCUT2D eigenvalue weighted by Gasteiger charge is 2.22. The van der Waals surface area contributed by atoms with E-state index in [1.54, 1.807) is 19.0 Å². The summed E-state index contributed by atoms with van der Waals surface area (Å²) in [5.74, 6) is 2.75. The Balaban J connectivity index is 0.00000364. The number of amides is 1. The molecule has 2 N–H and O–H groups in total. The Bertz CT molecular complexity index is 613. The van der Waals surface area contributed by atoms with E-state index in [0.717, 1.165) is 42.9 Å². The van der Waals surface area contributed by atoms with Crippen LogP contribution in [0, 0.1) is 0 Å². The minimum absolute atomic E-state index is 0. The number of rotatable bonds is 8. The first kappa shape index (κ1) is 23.9. The first-order valence-electron chi connectivity index (χ1n) is 9.07. The number of likely N-dealkylation sites (N-methyl/N-ethyl adjacent to an activating group) is 1. The highest BCUT2D eigenvalue weighted by Crippen LogP contribution is 2.31. The lowest BCUT2D eigenvalue weighted by Crippen LogP contribution is -2.42. The number of fused-ring (bicyclic) bond motifs is 1. The van der Waals surface area contributed by atoms with Gasteiger partial charge in [0.15, 0.2) is 5.96 Å². The summed E-state index contributed by atoms with van der Waals surface area (Å²) in [5, 5.41) is 6.85. The molecule has 0 spiro atoms. The van der Waals surface area contributed by atoms with Crippen LogP contribution >= 0.6 is 35.7 Å². The number of carbonyl (C=O) groups excluding carboxylic acids is 1. The SMILES string of the molecule is CSCCCCNC(=NCC(=O)N(C)C)NC1CCOc2ccccc21.I. The molecule has 0 bridgehead atoms. The topological polar surface area (TPSA) is 66.0 Å². The highest BCUT2D eigenvalue weighted by atomic mass is 127. The number of hydrogen-bond donors (Lipinski definition) is 2. The predicted octanol–water partition coefficient (Wildman–Crippen LogP) is 2.89. The van der Waals surface area contributed by atoms with Crippen molar-refractivity contribution in [2.75, 3.05) is 45.8 Å². The van der Waals surface area contributed by atoms with Gasteiger partial charge in [-0.3, -0.25) is 4.79 Å². The van der Waals surface area contributed by atoms with Gasteiger partial charge in [0.05, 0.1) is 12.6 Å². The standard InChI is InChI=1S/C19H30N4O2S.HI/c1-23(2)18(24)14-21-19(20-11-6-7-13-26-3)22-16-10-12-25-17-9-5-4-8-15(16)17;/h4-5,8-9,16H,6-7,10-14H2,1-3H3,(H2,20,21,22);1H. The molecule has 8 heteroatoms. The van der Waals surface area contributed by atoms with Gasteiger partial charge < -0.3 is 20.3 Å². The second kappa shape index (κ2) is 13.1. The molecule has 0 fully saturated rings. The van der Waals surface area contributed by atoms with E-state index in [1.165, 1.54) is 0 Å². The fourth-order valence-corrected chi connectivity index (χ4v) is 3.17. The summed E-state index contributed by atoms with van der Waals surface area (Å²) in [7, 11) is 3.49. The summed E-state index contributed by atoms with van der Waals surface area (Å²) in [6.07, 6.45) is 5.23. The Kier molecular flexibility index (Phi) is 11.6. The second-order valence-electron chi connectivity index (χ2n) is 6.45. The number of ether oxygens (including phenoxy) is 1. The van der Waals surface area contributed by atoms with Gasteiger partial charge >= 0.3 is 0 Å². The maximum atomic E-state index is 11.9. The van der Waals surface area contributed by atoms with Crippen LogP contribution in [0.5, 0.6) is 5.75 Å². The molecule has 0 saturated heterocycles. The number of aliphatic imine (C=N–C) groups is 1. The molecule has 1 aliphatic rings. The summed E-state index contributed by atoms with van der Waals surface area (Å²) >= 11 is 1.86. The summed E-state index contributed by atoms with van der Waals surface area (Å²) in [6, 6.07) is 8.20. The van der Waals surface area contributed by atoms with Crippen molar-refractivity contribution in [2.24, 2.45) is 4.99 Å². The lowest BCUT2D eigenvalue weighted by atomic mass is 10.0. The molecule has 1 unspecified atom stereocenters. The van der Waals surface area contributed by atoms with E-state index in [-0.39, 0.29) is 42.5 Å². The summed E-state index contributed by atoms with van der Waals surface area (Å²) in [4.78, 5) is 17.9. The van der Waals surface area contributed by atoms with Crippen LogP contribution < -0.4 is 15.4 Å². The van der Waals surface area contributed by atoms with Gasteiger partial charge in [0.2, 0.25) is 5.91 Å². The van der Waals surface area contributed by atoms with Crippen LogP contribution in [0.25, 0.3) is 0 Å². The molecule has 6 nitrogen and oxygen atoms in total. The molecular weight excluding hydrogens is 475 g/mol. The Hall–Kier alpha value is -1.16. The number of carbonyl (C=O) groups is 1. The van der Waals surface area contributed by atoms with Gasteiger partial charge in [-0.2, -0.15) is 11.8 Å². The molecule has 1 aromatic rings. The third-order valence-corrected chi connectivity index (χ3v) is 4.91. The molecule has 0 radical (unpaired) electrons. The van der Waals surface area contributed by atoms with Crippen LogP contribution in [0.2, 0.25) is 0 Å². The van der Waals surface area contributed by atoms with Gasteiger partial charge in [-0.05, 0) is 30.9 Å². The van der Waals surface area contributed by atoms with E-state index in [2.05, 4.69) is 27.9 Å². The smallest absolute Gasteiger partial charge is 0.243 e. The summed E-state index contributed by atoms with van der Waals surface area (Å²) < 4.78 is 5.73. The van der Waals surface area contributed by atoms with Gasteiger partial charge in [0.1, 0.15) is 12.3 Å². The predicted molar refractivity (Wildman–Crippen MR) is 124 cm³/mol. The first-order valence-corrected chi connectivity index (χ1v) is 10.5. The van der Waals surface area contributed by atoms with Crippen molar-refractivity contribution in [1.29, 1.82) is 0 Å². The van der Waals surface area contributed by atoms with Crippen molar-refractivity contribution in [3.63, 3.8) is 0 Å². The monoisotopic (exact) mass is 506 g/mol. The molecule has 2 rings (SSSR count). The van der Waals surface area contributed by atoms with Gasteiger partial charge in [0.25, 0.3) is 0 Å². The van der Waals surface area contributed by atoms with Gasteiger partial charge in [0, 0.05) is 32.6 Å². The fraction of sp³-hybridized carbons (Fsp3) is 0.579. The summed E-state index contributed by atoms with van der Waals surface area (Å²) in [6.45, 7) is 1.65. The molecule has 152 valence electrons. The van der Waals surface area contributed by atoms with Crippen molar-refractivity contribution in [3.05, 3.63) is 29.8 Å². The molecule has 1 aliphatic heterocycles. The third kappa shape index (κ3) is 8.16. The van der Waals surface area contributed by atoms with Crippen molar-refractivity contribution in [1.82, 2.24) is 15.5 Å². The van der Waals surface area contributed by atoms with E-state index in [0.29, 0.717) is 12.6 Å². The van der Waals surface area contributed by atoms with Crippen LogP contribution in [-0.4, -0.2) is 62.6 Å². The third-order valence-electron chi connectivity index (χ3n) is 4.21. The van der Waals surface area contributed by atoms with Crippen molar-refractivity contribution >= 4 is 47.6 Å². The quantitative estimate of drug-likeness (QED) is 0.246. The number of nitrogens with zero attached hydrogens (tertiary/aromatic N) is 2. The molecule has 0 aromatic heterocycles. The van der Waals surface area contributed by atoms with Crippen LogP contribution in [0.1, 0.15) is 30.9 Å². The lowest BCUT2D eigenvalue weighted by molar-refractivity contribution is -0.127. The Morgan fingerprint density at radius 1 is 1.33 bits per heavy atom. The van der Waals surface area contributed by atoms with Crippen LogP contribution in [0.3, 0.4) is 0 Å². The van der Waals surface area contributed by atoms with Gasteiger partial charge in [-0.25, -0.2) is 4.99 Å². The van der Waals surface area contributed by atoms with E-state index < -0.39 is 0 Å². The minimum atomic E-state index is -0.0131. The van der Waals surface area contributed by atoms with Crippen LogP contribution in [-0.2, 0) is 4.79 Å². The van der Waals surface area contributed by atoms with E-state index >= 15 is 0 Å². The number of halogens is 1. The largest absolute Gasteiger partial charge is 0.493 e. The number of thioether (sulfide) groups is 1. The average molecular weight is 506 g/mol. The maximum Gasteiger partial charge on any atom is 0.243 e. The zero-order valence-corrected chi connectivity index (χ0v) is 19.5. The molecule has 27 heavy (non-hydrogen) atoms. The Morgan fingerprint density at radius 2 is 2.11 bits per heavy atom.